The molecule has 0 heterocycles. The first-order chi connectivity index (χ1) is 9.15. The lowest BCUT2D eigenvalue weighted by Crippen LogP contribution is -2.20. The van der Waals surface area contributed by atoms with Crippen LogP contribution in [-0.4, -0.2) is 28.2 Å². The van der Waals surface area contributed by atoms with Crippen LogP contribution in [0.2, 0.25) is 0 Å². The molecule has 5 nitrogen and oxygen atoms in total. The van der Waals surface area contributed by atoms with Crippen molar-refractivity contribution in [3.8, 4) is 5.75 Å². The molecule has 0 saturated heterocycles. The molecule has 0 atom stereocenters. The summed E-state index contributed by atoms with van der Waals surface area (Å²) >= 11 is 0. The Hall–Kier alpha value is -1.48. The van der Waals surface area contributed by atoms with Gasteiger partial charge in [0.1, 0.15) is 10.6 Å². The summed E-state index contributed by atoms with van der Waals surface area (Å²) in [4.78, 5) is -0.202. The molecule has 1 rings (SSSR count). The van der Waals surface area contributed by atoms with E-state index in [4.69, 9.17) is 10.5 Å². The molecule has 20 heavy (non-hydrogen) atoms. The maximum Gasteiger partial charge on any atom is 0.389 e. The van der Waals surface area contributed by atoms with Crippen LogP contribution in [0.1, 0.15) is 12.8 Å². The van der Waals surface area contributed by atoms with E-state index >= 15 is 0 Å². The number of alkyl halides is 3. The maximum absolute atomic E-state index is 12.0. The highest BCUT2D eigenvalue weighted by molar-refractivity contribution is 7.89. The molecular weight excluding hydrogens is 297 g/mol. The number of anilines is 1. The number of hydrogen-bond donors (Lipinski definition) is 2. The first-order valence-electron chi connectivity index (χ1n) is 5.68. The van der Waals surface area contributed by atoms with E-state index in [0.717, 1.165) is 0 Å². The highest BCUT2D eigenvalue weighted by atomic mass is 32.2. The minimum Gasteiger partial charge on any atom is -0.492 e. The van der Waals surface area contributed by atoms with Gasteiger partial charge in [-0.05, 0) is 31.7 Å². The number of nitrogens with one attached hydrogen (secondary N) is 1. The first-order valence-corrected chi connectivity index (χ1v) is 7.16. The molecule has 0 aromatic heterocycles. The number of rotatable bonds is 6. The van der Waals surface area contributed by atoms with Crippen LogP contribution in [0, 0.1) is 0 Å². The van der Waals surface area contributed by atoms with E-state index in [2.05, 4.69) is 4.72 Å². The average Bonchev–Trinajstić information content (AvgIpc) is 2.34. The molecular formula is C11H15F3N2O3S. The molecule has 0 fully saturated rings. The molecule has 114 valence electrons. The third-order valence-corrected chi connectivity index (χ3v) is 3.82. The predicted molar refractivity (Wildman–Crippen MR) is 67.9 cm³/mol. The topological polar surface area (TPSA) is 81.4 Å². The molecule has 0 amide bonds. The monoisotopic (exact) mass is 312 g/mol. The number of sulfonamides is 1. The van der Waals surface area contributed by atoms with Crippen molar-refractivity contribution in [1.29, 1.82) is 0 Å². The van der Waals surface area contributed by atoms with Crippen LogP contribution in [0.4, 0.5) is 18.9 Å². The summed E-state index contributed by atoms with van der Waals surface area (Å²) in [6.45, 7) is -0.240. The van der Waals surface area contributed by atoms with E-state index in [9.17, 15) is 21.6 Å². The molecule has 0 unspecified atom stereocenters. The smallest absolute Gasteiger partial charge is 0.389 e. The quantitative estimate of drug-likeness (QED) is 0.621. The SMILES string of the molecule is CNS(=O)(=O)c1cc(N)ccc1OCCCC(F)(F)F. The second-order valence-corrected chi connectivity index (χ2v) is 5.84. The minimum atomic E-state index is -4.26. The molecule has 0 bridgehead atoms. The third-order valence-electron chi connectivity index (χ3n) is 2.39. The molecule has 3 N–H and O–H groups in total. The average molecular weight is 312 g/mol. The van der Waals surface area contributed by atoms with Gasteiger partial charge in [-0.2, -0.15) is 13.2 Å². The number of benzene rings is 1. The lowest BCUT2D eigenvalue weighted by atomic mass is 10.3. The molecule has 0 saturated carbocycles. The zero-order valence-electron chi connectivity index (χ0n) is 10.7. The summed E-state index contributed by atoms with van der Waals surface area (Å²) in [5, 5.41) is 0. The number of hydrogen-bond acceptors (Lipinski definition) is 4. The Kier molecular flexibility index (Phi) is 5.23. The first kappa shape index (κ1) is 16.6. The van der Waals surface area contributed by atoms with Gasteiger partial charge < -0.3 is 10.5 Å². The van der Waals surface area contributed by atoms with Crippen LogP contribution >= 0.6 is 0 Å². The van der Waals surface area contributed by atoms with Crippen molar-refractivity contribution in [2.45, 2.75) is 23.9 Å². The summed E-state index contributed by atoms with van der Waals surface area (Å²) < 4.78 is 66.6. The maximum atomic E-state index is 12.0. The number of nitrogens with two attached hydrogens (primary N) is 1. The lowest BCUT2D eigenvalue weighted by Gasteiger charge is -2.12. The predicted octanol–water partition coefficient (Wildman–Crippen LogP) is 1.90. The molecule has 0 aliphatic carbocycles. The lowest BCUT2D eigenvalue weighted by molar-refractivity contribution is -0.136. The summed E-state index contributed by atoms with van der Waals surface area (Å²) in [5.74, 6) is -0.0317. The summed E-state index contributed by atoms with van der Waals surface area (Å²) in [5.41, 5.74) is 5.70. The van der Waals surface area contributed by atoms with E-state index in [1.807, 2.05) is 0 Å². The summed E-state index contributed by atoms with van der Waals surface area (Å²) in [7, 11) is -2.58. The van der Waals surface area contributed by atoms with Crippen molar-refractivity contribution in [2.75, 3.05) is 19.4 Å². The molecule has 9 heteroatoms. The van der Waals surface area contributed by atoms with Crippen LogP contribution in [0.25, 0.3) is 0 Å². The second-order valence-electron chi connectivity index (χ2n) is 3.98. The van der Waals surface area contributed by atoms with Gasteiger partial charge in [0.25, 0.3) is 0 Å². The molecule has 0 spiro atoms. The van der Waals surface area contributed by atoms with E-state index < -0.39 is 22.6 Å². The van der Waals surface area contributed by atoms with Crippen LogP contribution in [0.3, 0.4) is 0 Å². The van der Waals surface area contributed by atoms with Gasteiger partial charge in [0.2, 0.25) is 10.0 Å². The van der Waals surface area contributed by atoms with E-state index in [1.54, 1.807) is 0 Å². The zero-order chi connectivity index (χ0) is 15.4. The van der Waals surface area contributed by atoms with Crippen LogP contribution in [-0.2, 0) is 10.0 Å². The zero-order valence-corrected chi connectivity index (χ0v) is 11.5. The van der Waals surface area contributed by atoms with Crippen LogP contribution in [0.15, 0.2) is 23.1 Å². The van der Waals surface area contributed by atoms with Crippen molar-refractivity contribution in [2.24, 2.45) is 0 Å². The largest absolute Gasteiger partial charge is 0.492 e. The fourth-order valence-corrected chi connectivity index (χ4v) is 2.32. The number of ether oxygens (including phenoxy) is 1. The Balaban J connectivity index is 2.81. The summed E-state index contributed by atoms with van der Waals surface area (Å²) in [6, 6.07) is 3.91. The second kappa shape index (κ2) is 6.31. The normalized spacial score (nSPS) is 12.4. The Bertz CT molecular complexity index is 559. The van der Waals surface area contributed by atoms with Crippen molar-refractivity contribution in [3.63, 3.8) is 0 Å². The number of halogens is 3. The standard InChI is InChI=1S/C11H15F3N2O3S/c1-16-20(17,18)10-7-8(15)3-4-9(10)19-6-2-5-11(12,13)14/h3-4,7,16H,2,5-6,15H2,1H3. The third kappa shape index (κ3) is 4.89. The minimum absolute atomic E-state index is 0.0317. The van der Waals surface area contributed by atoms with Crippen LogP contribution in [0.5, 0.6) is 5.75 Å². The van der Waals surface area contributed by atoms with Crippen molar-refractivity contribution in [1.82, 2.24) is 4.72 Å². The number of nitrogen functional groups attached to an aromatic ring is 1. The Morgan fingerprint density at radius 1 is 1.35 bits per heavy atom. The molecule has 0 aliphatic heterocycles. The van der Waals surface area contributed by atoms with Gasteiger partial charge >= 0.3 is 6.18 Å². The van der Waals surface area contributed by atoms with Gasteiger partial charge in [-0.25, -0.2) is 13.1 Å². The Labute approximate surface area is 115 Å². The van der Waals surface area contributed by atoms with E-state index in [-0.39, 0.29) is 29.4 Å². The van der Waals surface area contributed by atoms with Crippen molar-refractivity contribution >= 4 is 15.7 Å². The van der Waals surface area contributed by atoms with Gasteiger partial charge in [-0.3, -0.25) is 0 Å². The molecule has 1 aromatic carbocycles. The molecule has 0 aliphatic rings. The van der Waals surface area contributed by atoms with Crippen molar-refractivity contribution in [3.05, 3.63) is 18.2 Å². The van der Waals surface area contributed by atoms with Gasteiger partial charge in [0.15, 0.2) is 0 Å². The fraction of sp³-hybridized carbons (Fsp3) is 0.455. The van der Waals surface area contributed by atoms with Gasteiger partial charge in [-0.15, -0.1) is 0 Å². The molecule has 0 radical (unpaired) electrons. The van der Waals surface area contributed by atoms with Gasteiger partial charge in [-0.1, -0.05) is 0 Å². The fourth-order valence-electron chi connectivity index (χ4n) is 1.42. The van der Waals surface area contributed by atoms with Gasteiger partial charge in [0, 0.05) is 12.1 Å². The van der Waals surface area contributed by atoms with Gasteiger partial charge in [0.05, 0.1) is 6.61 Å². The summed E-state index contributed by atoms with van der Waals surface area (Å²) in [6.07, 6.45) is -5.51. The highest BCUT2D eigenvalue weighted by Crippen LogP contribution is 2.27. The Morgan fingerprint density at radius 3 is 2.55 bits per heavy atom. The van der Waals surface area contributed by atoms with Crippen LogP contribution < -0.4 is 15.2 Å². The highest BCUT2D eigenvalue weighted by Gasteiger charge is 2.26. The van der Waals surface area contributed by atoms with Crippen molar-refractivity contribution < 1.29 is 26.3 Å². The van der Waals surface area contributed by atoms with E-state index in [0.29, 0.717) is 0 Å². The molecule has 1 aromatic rings. The Morgan fingerprint density at radius 2 is 2.00 bits per heavy atom. The van der Waals surface area contributed by atoms with E-state index in [1.165, 1.54) is 25.2 Å².